The summed E-state index contributed by atoms with van der Waals surface area (Å²) < 4.78 is 0. The molecule has 2 N–H and O–H groups in total. The molecule has 1 unspecified atom stereocenters. The average Bonchev–Trinajstić information content (AvgIpc) is 2.72. The van der Waals surface area contributed by atoms with Crippen LogP contribution in [0, 0.1) is 5.92 Å². The van der Waals surface area contributed by atoms with Gasteiger partial charge < -0.3 is 15.1 Å². The number of carbonyl (C=O) groups is 2. The summed E-state index contributed by atoms with van der Waals surface area (Å²) in [6.45, 7) is 4.90. The Morgan fingerprint density at radius 2 is 1.30 bits per heavy atom. The van der Waals surface area contributed by atoms with E-state index in [0.717, 1.165) is 19.4 Å². The number of unbranched alkanes of at least 4 members (excludes halogenated alkanes) is 7. The Kier molecular flexibility index (Phi) is 13.1. The van der Waals surface area contributed by atoms with Crippen LogP contribution < -0.4 is 0 Å². The van der Waals surface area contributed by atoms with Crippen molar-refractivity contribution < 1.29 is 19.8 Å². The number of rotatable bonds is 17. The summed E-state index contributed by atoms with van der Waals surface area (Å²) in [5.74, 6) is -3.89. The highest BCUT2D eigenvalue weighted by Crippen LogP contribution is 2.15. The summed E-state index contributed by atoms with van der Waals surface area (Å²) in [6.07, 6.45) is 12.8. The quantitative estimate of drug-likeness (QED) is 0.261. The van der Waals surface area contributed by atoms with Crippen molar-refractivity contribution in [3.63, 3.8) is 0 Å². The number of hydrogen-bond donors (Lipinski definition) is 2. The maximum atomic E-state index is 11.1. The first-order valence-electron chi connectivity index (χ1n) is 11.6. The molecule has 0 aliphatic carbocycles. The lowest BCUT2D eigenvalue weighted by Gasteiger charge is -2.26. The Balaban J connectivity index is 2.28. The van der Waals surface area contributed by atoms with Gasteiger partial charge in [-0.05, 0) is 50.8 Å². The number of hydrogen-bond acceptors (Lipinski definition) is 3. The molecule has 0 spiro atoms. The van der Waals surface area contributed by atoms with Crippen LogP contribution in [-0.2, 0) is 22.4 Å². The first kappa shape index (κ1) is 26.2. The molecule has 1 aromatic rings. The molecule has 1 aromatic carbocycles. The Labute approximate surface area is 182 Å². The standard InChI is InChI=1S/C25H41NO4/c1-4-5-6-7-8-9-10-11-12-21-13-15-22(16-14-21)17-18-26(3)20(2)19-23(24(27)28)25(29)30/h13-16,20,23H,4-12,17-19H2,1-3H3,(H,27,28)(H,29,30). The van der Waals surface area contributed by atoms with Crippen LogP contribution in [0.3, 0.4) is 0 Å². The van der Waals surface area contributed by atoms with E-state index in [0.29, 0.717) is 0 Å². The van der Waals surface area contributed by atoms with Crippen molar-refractivity contribution >= 4 is 11.9 Å². The van der Waals surface area contributed by atoms with Crippen molar-refractivity contribution in [2.24, 2.45) is 5.92 Å². The molecule has 170 valence electrons. The van der Waals surface area contributed by atoms with Gasteiger partial charge >= 0.3 is 11.9 Å². The molecular weight excluding hydrogens is 378 g/mol. The van der Waals surface area contributed by atoms with E-state index in [2.05, 4.69) is 31.2 Å². The van der Waals surface area contributed by atoms with Gasteiger partial charge in [0, 0.05) is 12.6 Å². The predicted molar refractivity (Wildman–Crippen MR) is 122 cm³/mol. The molecule has 0 aliphatic rings. The van der Waals surface area contributed by atoms with Crippen molar-refractivity contribution in [1.82, 2.24) is 4.90 Å². The van der Waals surface area contributed by atoms with E-state index in [4.69, 9.17) is 10.2 Å². The van der Waals surface area contributed by atoms with Crippen molar-refractivity contribution in [3.05, 3.63) is 35.4 Å². The number of likely N-dealkylation sites (N-methyl/N-ethyl adjacent to an activating group) is 1. The molecule has 0 aromatic heterocycles. The minimum absolute atomic E-state index is 0.108. The van der Waals surface area contributed by atoms with Gasteiger partial charge in [0.1, 0.15) is 0 Å². The molecule has 0 heterocycles. The van der Waals surface area contributed by atoms with Gasteiger partial charge in [-0.2, -0.15) is 0 Å². The maximum Gasteiger partial charge on any atom is 0.317 e. The van der Waals surface area contributed by atoms with Gasteiger partial charge in [-0.3, -0.25) is 9.59 Å². The van der Waals surface area contributed by atoms with Gasteiger partial charge in [0.05, 0.1) is 0 Å². The number of aryl methyl sites for hydroxylation is 1. The molecule has 5 nitrogen and oxygen atoms in total. The third kappa shape index (κ3) is 10.8. The third-order valence-corrected chi connectivity index (χ3v) is 6.02. The summed E-state index contributed by atoms with van der Waals surface area (Å²) in [4.78, 5) is 24.2. The highest BCUT2D eigenvalue weighted by Gasteiger charge is 2.28. The molecule has 0 saturated heterocycles. The fraction of sp³-hybridized carbons (Fsp3) is 0.680. The van der Waals surface area contributed by atoms with Crippen LogP contribution in [0.15, 0.2) is 24.3 Å². The van der Waals surface area contributed by atoms with Crippen LogP contribution in [-0.4, -0.2) is 46.7 Å². The number of carboxylic acids is 2. The van der Waals surface area contributed by atoms with Gasteiger partial charge in [0.15, 0.2) is 5.92 Å². The lowest BCUT2D eigenvalue weighted by Crippen LogP contribution is -2.36. The molecule has 0 bridgehead atoms. The van der Waals surface area contributed by atoms with Crippen molar-refractivity contribution in [2.45, 2.75) is 90.5 Å². The Morgan fingerprint density at radius 1 is 0.833 bits per heavy atom. The van der Waals surface area contributed by atoms with Crippen molar-refractivity contribution in [3.8, 4) is 0 Å². The molecule has 30 heavy (non-hydrogen) atoms. The van der Waals surface area contributed by atoms with Gasteiger partial charge in [-0.25, -0.2) is 0 Å². The molecule has 0 saturated carbocycles. The van der Waals surface area contributed by atoms with Crippen molar-refractivity contribution in [1.29, 1.82) is 0 Å². The molecule has 0 aliphatic heterocycles. The minimum Gasteiger partial charge on any atom is -0.481 e. The van der Waals surface area contributed by atoms with Crippen LogP contribution in [0.25, 0.3) is 0 Å². The third-order valence-electron chi connectivity index (χ3n) is 6.02. The lowest BCUT2D eigenvalue weighted by molar-refractivity contribution is -0.155. The van der Waals surface area contributed by atoms with Crippen LogP contribution in [0.2, 0.25) is 0 Å². The second kappa shape index (κ2) is 15.0. The van der Waals surface area contributed by atoms with E-state index in [1.807, 2.05) is 18.9 Å². The summed E-state index contributed by atoms with van der Waals surface area (Å²) in [6, 6.07) is 8.67. The van der Waals surface area contributed by atoms with E-state index in [1.54, 1.807) is 0 Å². The maximum absolute atomic E-state index is 11.1. The second-order valence-corrected chi connectivity index (χ2v) is 8.59. The van der Waals surface area contributed by atoms with Gasteiger partial charge in [0.2, 0.25) is 0 Å². The van der Waals surface area contributed by atoms with Crippen LogP contribution in [0.5, 0.6) is 0 Å². The van der Waals surface area contributed by atoms with E-state index >= 15 is 0 Å². The summed E-state index contributed by atoms with van der Waals surface area (Å²) in [5, 5.41) is 18.1. The fourth-order valence-electron chi connectivity index (χ4n) is 3.69. The zero-order valence-corrected chi connectivity index (χ0v) is 19.1. The second-order valence-electron chi connectivity index (χ2n) is 8.59. The molecule has 1 atom stereocenters. The molecule has 0 fully saturated rings. The minimum atomic E-state index is -1.35. The number of aliphatic carboxylic acids is 2. The number of carboxylic acid groups (broad SMARTS) is 2. The molecule has 0 amide bonds. The monoisotopic (exact) mass is 419 g/mol. The highest BCUT2D eigenvalue weighted by molar-refractivity contribution is 5.92. The van der Waals surface area contributed by atoms with Crippen LogP contribution in [0.4, 0.5) is 0 Å². The van der Waals surface area contributed by atoms with Crippen molar-refractivity contribution in [2.75, 3.05) is 13.6 Å². The van der Waals surface area contributed by atoms with Gasteiger partial charge in [-0.15, -0.1) is 0 Å². The van der Waals surface area contributed by atoms with Gasteiger partial charge in [0.25, 0.3) is 0 Å². The predicted octanol–water partition coefficient (Wildman–Crippen LogP) is 5.41. The van der Waals surface area contributed by atoms with E-state index in [9.17, 15) is 9.59 Å². The molecule has 5 heteroatoms. The Morgan fingerprint density at radius 3 is 1.80 bits per heavy atom. The van der Waals surface area contributed by atoms with E-state index in [-0.39, 0.29) is 12.5 Å². The number of nitrogens with zero attached hydrogens (tertiary/aromatic N) is 1. The average molecular weight is 420 g/mol. The zero-order chi connectivity index (χ0) is 22.4. The summed E-state index contributed by atoms with van der Waals surface area (Å²) in [5.41, 5.74) is 2.64. The SMILES string of the molecule is CCCCCCCCCCc1ccc(CCN(C)C(C)CC(C(=O)O)C(=O)O)cc1. The smallest absolute Gasteiger partial charge is 0.317 e. The fourth-order valence-corrected chi connectivity index (χ4v) is 3.69. The Bertz CT molecular complexity index is 600. The number of benzene rings is 1. The van der Waals surface area contributed by atoms with Crippen LogP contribution in [0.1, 0.15) is 82.8 Å². The molecule has 0 radical (unpaired) electrons. The lowest BCUT2D eigenvalue weighted by atomic mass is 9.99. The zero-order valence-electron chi connectivity index (χ0n) is 19.1. The van der Waals surface area contributed by atoms with E-state index < -0.39 is 17.9 Å². The molecular formula is C25H41NO4. The van der Waals surface area contributed by atoms with Gasteiger partial charge in [-0.1, -0.05) is 76.1 Å². The first-order chi connectivity index (χ1) is 14.3. The highest BCUT2D eigenvalue weighted by atomic mass is 16.4. The van der Waals surface area contributed by atoms with Crippen LogP contribution >= 0.6 is 0 Å². The normalized spacial score (nSPS) is 12.4. The summed E-state index contributed by atoms with van der Waals surface area (Å²) >= 11 is 0. The molecule has 1 rings (SSSR count). The topological polar surface area (TPSA) is 77.8 Å². The first-order valence-corrected chi connectivity index (χ1v) is 11.6. The van der Waals surface area contributed by atoms with E-state index in [1.165, 1.54) is 62.5 Å². The summed E-state index contributed by atoms with van der Waals surface area (Å²) in [7, 11) is 1.92. The largest absolute Gasteiger partial charge is 0.481 e. The Hall–Kier alpha value is -1.88.